The second-order valence-electron chi connectivity index (χ2n) is 5.20. The smallest absolute Gasteiger partial charge is 0.0622 e. The van der Waals surface area contributed by atoms with Crippen molar-refractivity contribution in [1.82, 2.24) is 4.90 Å². The van der Waals surface area contributed by atoms with Gasteiger partial charge in [-0.1, -0.05) is 32.1 Å². The maximum Gasteiger partial charge on any atom is 0.0622 e. The Bertz CT molecular complexity index is 172. The molecule has 102 valence electrons. The zero-order chi connectivity index (χ0) is 12.3. The first kappa shape index (κ1) is 15.3. The molecule has 1 saturated heterocycles. The van der Waals surface area contributed by atoms with E-state index in [0.29, 0.717) is 6.04 Å². The molecular weight excluding hydrogens is 230 g/mol. The Labute approximate surface area is 113 Å². The minimum atomic E-state index is 0.686. The van der Waals surface area contributed by atoms with E-state index in [4.69, 9.17) is 4.74 Å². The van der Waals surface area contributed by atoms with Crippen LogP contribution in [-0.4, -0.2) is 43.5 Å². The summed E-state index contributed by atoms with van der Waals surface area (Å²) in [5, 5.41) is 0. The van der Waals surface area contributed by atoms with Gasteiger partial charge in [-0.15, -0.1) is 0 Å². The number of hydrogen-bond donors (Lipinski definition) is 1. The van der Waals surface area contributed by atoms with Crippen LogP contribution in [0, 0.1) is 0 Å². The van der Waals surface area contributed by atoms with Crippen LogP contribution >= 0.6 is 12.6 Å². The molecule has 1 aliphatic rings. The summed E-state index contributed by atoms with van der Waals surface area (Å²) in [6.45, 7) is 3.14. The third kappa shape index (κ3) is 7.32. The number of unbranched alkanes of at least 4 members (excludes halogenated alkanes) is 6. The molecule has 0 aliphatic carbocycles. The molecule has 1 rings (SSSR count). The van der Waals surface area contributed by atoms with Crippen LogP contribution < -0.4 is 0 Å². The van der Waals surface area contributed by atoms with Crippen molar-refractivity contribution in [2.75, 3.05) is 32.6 Å². The van der Waals surface area contributed by atoms with Crippen LogP contribution in [-0.2, 0) is 4.74 Å². The predicted molar refractivity (Wildman–Crippen MR) is 78.0 cm³/mol. The number of thiol groups is 1. The molecule has 0 amide bonds. The van der Waals surface area contributed by atoms with Gasteiger partial charge in [0.05, 0.1) is 6.61 Å². The summed E-state index contributed by atoms with van der Waals surface area (Å²) in [5.41, 5.74) is 0. The van der Waals surface area contributed by atoms with E-state index in [1.54, 1.807) is 0 Å². The molecule has 3 heteroatoms. The Kier molecular flexibility index (Phi) is 9.21. The maximum absolute atomic E-state index is 5.41. The molecule has 1 heterocycles. The van der Waals surface area contributed by atoms with Crippen molar-refractivity contribution in [2.24, 2.45) is 0 Å². The van der Waals surface area contributed by atoms with Gasteiger partial charge in [-0.3, -0.25) is 0 Å². The van der Waals surface area contributed by atoms with Gasteiger partial charge in [-0.2, -0.15) is 12.6 Å². The molecule has 0 saturated carbocycles. The SMILES string of the molecule is CN(CCCCCCCCCS)C1CCOC1. The molecule has 0 bridgehead atoms. The Morgan fingerprint density at radius 1 is 1.06 bits per heavy atom. The van der Waals surface area contributed by atoms with E-state index in [9.17, 15) is 0 Å². The lowest BCUT2D eigenvalue weighted by Crippen LogP contribution is -2.32. The highest BCUT2D eigenvalue weighted by molar-refractivity contribution is 7.80. The molecule has 0 radical (unpaired) electrons. The highest BCUT2D eigenvalue weighted by atomic mass is 32.1. The fourth-order valence-electron chi connectivity index (χ4n) is 2.41. The standard InChI is InChI=1S/C14H29NOS/c1-15(14-9-11-16-13-14)10-7-5-3-2-4-6-8-12-17/h14,17H,2-13H2,1H3. The van der Waals surface area contributed by atoms with Gasteiger partial charge in [0.15, 0.2) is 0 Å². The molecular formula is C14H29NOS. The molecule has 0 N–H and O–H groups in total. The van der Waals surface area contributed by atoms with Crippen molar-refractivity contribution < 1.29 is 4.74 Å². The van der Waals surface area contributed by atoms with Gasteiger partial charge in [0.1, 0.15) is 0 Å². The van der Waals surface area contributed by atoms with Gasteiger partial charge >= 0.3 is 0 Å². The van der Waals surface area contributed by atoms with E-state index in [2.05, 4.69) is 24.6 Å². The van der Waals surface area contributed by atoms with E-state index >= 15 is 0 Å². The summed E-state index contributed by atoms with van der Waals surface area (Å²) in [6, 6.07) is 0.686. The molecule has 1 atom stereocenters. The van der Waals surface area contributed by atoms with Crippen molar-refractivity contribution in [3.8, 4) is 0 Å². The number of nitrogens with zero attached hydrogens (tertiary/aromatic N) is 1. The summed E-state index contributed by atoms with van der Waals surface area (Å²) in [5.74, 6) is 1.05. The molecule has 0 spiro atoms. The van der Waals surface area contributed by atoms with Crippen LogP contribution in [0.5, 0.6) is 0 Å². The lowest BCUT2D eigenvalue weighted by Gasteiger charge is -2.22. The van der Waals surface area contributed by atoms with Gasteiger partial charge < -0.3 is 9.64 Å². The van der Waals surface area contributed by atoms with Crippen molar-refractivity contribution in [2.45, 2.75) is 57.4 Å². The normalized spacial score (nSPS) is 20.3. The maximum atomic E-state index is 5.41. The third-order valence-electron chi connectivity index (χ3n) is 3.70. The van der Waals surface area contributed by atoms with Crippen molar-refractivity contribution in [3.63, 3.8) is 0 Å². The topological polar surface area (TPSA) is 12.5 Å². The van der Waals surface area contributed by atoms with Crippen LogP contribution in [0.2, 0.25) is 0 Å². The number of likely N-dealkylation sites (N-methyl/N-ethyl adjacent to an activating group) is 1. The molecule has 0 aromatic heterocycles. The van der Waals surface area contributed by atoms with Crippen LogP contribution in [0.15, 0.2) is 0 Å². The zero-order valence-electron chi connectivity index (χ0n) is 11.4. The van der Waals surface area contributed by atoms with E-state index in [1.165, 1.54) is 57.9 Å². The Morgan fingerprint density at radius 2 is 1.71 bits per heavy atom. The van der Waals surface area contributed by atoms with Crippen molar-refractivity contribution >= 4 is 12.6 Å². The Morgan fingerprint density at radius 3 is 2.29 bits per heavy atom. The molecule has 2 nitrogen and oxygen atoms in total. The largest absolute Gasteiger partial charge is 0.380 e. The third-order valence-corrected chi connectivity index (χ3v) is 4.01. The molecule has 1 unspecified atom stereocenters. The van der Waals surface area contributed by atoms with Gasteiger partial charge in [0, 0.05) is 12.6 Å². The second kappa shape index (κ2) is 10.2. The first-order valence-electron chi connectivity index (χ1n) is 7.23. The zero-order valence-corrected chi connectivity index (χ0v) is 12.3. The summed E-state index contributed by atoms with van der Waals surface area (Å²) >= 11 is 4.23. The van der Waals surface area contributed by atoms with Crippen molar-refractivity contribution in [3.05, 3.63) is 0 Å². The minimum Gasteiger partial charge on any atom is -0.380 e. The quantitative estimate of drug-likeness (QED) is 0.477. The van der Waals surface area contributed by atoms with Crippen molar-refractivity contribution in [1.29, 1.82) is 0 Å². The van der Waals surface area contributed by atoms with Crippen LogP contribution in [0.3, 0.4) is 0 Å². The van der Waals surface area contributed by atoms with E-state index < -0.39 is 0 Å². The summed E-state index contributed by atoms with van der Waals surface area (Å²) in [7, 11) is 2.24. The highest BCUT2D eigenvalue weighted by Crippen LogP contribution is 2.12. The van der Waals surface area contributed by atoms with Crippen LogP contribution in [0.1, 0.15) is 51.4 Å². The van der Waals surface area contributed by atoms with Gasteiger partial charge in [-0.05, 0) is 38.6 Å². The number of rotatable bonds is 10. The first-order chi connectivity index (χ1) is 8.34. The summed E-state index contributed by atoms with van der Waals surface area (Å²) in [6.07, 6.45) is 10.8. The van der Waals surface area contributed by atoms with E-state index in [0.717, 1.165) is 19.0 Å². The lowest BCUT2D eigenvalue weighted by atomic mass is 10.1. The average molecular weight is 259 g/mol. The first-order valence-corrected chi connectivity index (χ1v) is 7.86. The van der Waals surface area contributed by atoms with Gasteiger partial charge in [0.2, 0.25) is 0 Å². The van der Waals surface area contributed by atoms with E-state index in [-0.39, 0.29) is 0 Å². The van der Waals surface area contributed by atoms with Gasteiger partial charge in [0.25, 0.3) is 0 Å². The fraction of sp³-hybridized carbons (Fsp3) is 1.00. The fourth-order valence-corrected chi connectivity index (χ4v) is 2.63. The van der Waals surface area contributed by atoms with Crippen LogP contribution in [0.25, 0.3) is 0 Å². The lowest BCUT2D eigenvalue weighted by molar-refractivity contribution is 0.158. The number of hydrogen-bond acceptors (Lipinski definition) is 3. The Balaban J connectivity index is 1.83. The van der Waals surface area contributed by atoms with Crippen LogP contribution in [0.4, 0.5) is 0 Å². The molecule has 17 heavy (non-hydrogen) atoms. The monoisotopic (exact) mass is 259 g/mol. The Hall–Kier alpha value is 0.270. The predicted octanol–water partition coefficient (Wildman–Crippen LogP) is 3.37. The summed E-state index contributed by atoms with van der Waals surface area (Å²) < 4.78 is 5.41. The second-order valence-corrected chi connectivity index (χ2v) is 5.64. The molecule has 0 aromatic carbocycles. The van der Waals surface area contributed by atoms with Gasteiger partial charge in [-0.25, -0.2) is 0 Å². The molecule has 1 fully saturated rings. The highest BCUT2D eigenvalue weighted by Gasteiger charge is 2.19. The minimum absolute atomic E-state index is 0.686. The molecule has 1 aliphatic heterocycles. The number of ether oxygens (including phenoxy) is 1. The molecule has 0 aromatic rings. The average Bonchev–Trinajstić information content (AvgIpc) is 2.86. The van der Waals surface area contributed by atoms with E-state index in [1.807, 2.05) is 0 Å². The summed E-state index contributed by atoms with van der Waals surface area (Å²) in [4.78, 5) is 2.48.